The minimum atomic E-state index is -1.64. The van der Waals surface area contributed by atoms with Crippen LogP contribution in [0.4, 0.5) is 0 Å². The molecule has 0 saturated heterocycles. The van der Waals surface area contributed by atoms with Gasteiger partial charge in [-0.15, -0.1) is 0 Å². The van der Waals surface area contributed by atoms with Gasteiger partial charge in [-0.1, -0.05) is 6.92 Å². The first kappa shape index (κ1) is 13.5. The lowest BCUT2D eigenvalue weighted by atomic mass is 9.86. The molecule has 1 aliphatic carbocycles. The molecule has 1 aliphatic rings. The molecule has 0 aromatic rings. The molecule has 1 saturated carbocycles. The number of carboxylic acid groups (broad SMARTS) is 1. The second kappa shape index (κ2) is 5.15. The van der Waals surface area contributed by atoms with Crippen LogP contribution in [0.2, 0.25) is 0 Å². The van der Waals surface area contributed by atoms with Crippen LogP contribution in [0.25, 0.3) is 0 Å². The standard InChI is InChI=1S/C12H23NO3/c1-9-4-6-10(7-5-9)13(3)8-12(2,16)11(14)15/h9-10,16H,4-8H2,1-3H3,(H,14,15). The first-order valence-electron chi connectivity index (χ1n) is 5.99. The molecule has 1 fully saturated rings. The van der Waals surface area contributed by atoms with Crippen LogP contribution in [0.15, 0.2) is 0 Å². The largest absolute Gasteiger partial charge is 0.479 e. The molecule has 1 atom stereocenters. The van der Waals surface area contributed by atoms with E-state index in [2.05, 4.69) is 6.92 Å². The summed E-state index contributed by atoms with van der Waals surface area (Å²) in [5.41, 5.74) is -1.64. The summed E-state index contributed by atoms with van der Waals surface area (Å²) in [5.74, 6) is -0.367. The zero-order valence-corrected chi connectivity index (χ0v) is 10.4. The van der Waals surface area contributed by atoms with E-state index < -0.39 is 11.6 Å². The smallest absolute Gasteiger partial charge is 0.336 e. The van der Waals surface area contributed by atoms with Crippen molar-refractivity contribution < 1.29 is 15.0 Å². The average Bonchev–Trinajstić information content (AvgIpc) is 2.17. The van der Waals surface area contributed by atoms with Crippen molar-refractivity contribution in [3.63, 3.8) is 0 Å². The van der Waals surface area contributed by atoms with Gasteiger partial charge in [-0.3, -0.25) is 4.90 Å². The number of carboxylic acids is 1. The topological polar surface area (TPSA) is 60.8 Å². The summed E-state index contributed by atoms with van der Waals surface area (Å²) in [4.78, 5) is 12.8. The Morgan fingerprint density at radius 1 is 1.38 bits per heavy atom. The number of aliphatic carboxylic acids is 1. The van der Waals surface area contributed by atoms with E-state index in [4.69, 9.17) is 5.11 Å². The molecular formula is C12H23NO3. The van der Waals surface area contributed by atoms with Gasteiger partial charge < -0.3 is 10.2 Å². The van der Waals surface area contributed by atoms with Gasteiger partial charge in [-0.25, -0.2) is 4.79 Å². The molecule has 0 heterocycles. The molecule has 1 unspecified atom stereocenters. The molecule has 0 amide bonds. The number of hydrogen-bond donors (Lipinski definition) is 2. The van der Waals surface area contributed by atoms with E-state index in [-0.39, 0.29) is 6.54 Å². The van der Waals surface area contributed by atoms with E-state index in [1.54, 1.807) is 0 Å². The molecule has 2 N–H and O–H groups in total. The molecule has 1 rings (SSSR count). The van der Waals surface area contributed by atoms with E-state index in [1.807, 2.05) is 11.9 Å². The van der Waals surface area contributed by atoms with Gasteiger partial charge in [0.15, 0.2) is 5.60 Å². The van der Waals surface area contributed by atoms with Gasteiger partial charge in [0, 0.05) is 12.6 Å². The van der Waals surface area contributed by atoms with Crippen molar-refractivity contribution in [2.75, 3.05) is 13.6 Å². The van der Waals surface area contributed by atoms with Crippen LogP contribution >= 0.6 is 0 Å². The zero-order chi connectivity index (χ0) is 12.3. The summed E-state index contributed by atoms with van der Waals surface area (Å²) in [6, 6.07) is 0.419. The number of nitrogens with zero attached hydrogens (tertiary/aromatic N) is 1. The summed E-state index contributed by atoms with van der Waals surface area (Å²) in [6.45, 7) is 3.81. The average molecular weight is 229 g/mol. The number of rotatable bonds is 4. The Hall–Kier alpha value is -0.610. The van der Waals surface area contributed by atoms with E-state index in [9.17, 15) is 9.90 Å². The molecule has 94 valence electrons. The lowest BCUT2D eigenvalue weighted by molar-refractivity contribution is -0.158. The number of aliphatic hydroxyl groups is 1. The van der Waals surface area contributed by atoms with Crippen molar-refractivity contribution in [3.05, 3.63) is 0 Å². The SMILES string of the molecule is CC1CCC(N(C)CC(C)(O)C(=O)O)CC1. The maximum atomic E-state index is 10.8. The lowest BCUT2D eigenvalue weighted by Crippen LogP contribution is -2.49. The summed E-state index contributed by atoms with van der Waals surface area (Å²) < 4.78 is 0. The third-order valence-electron chi connectivity index (χ3n) is 3.63. The van der Waals surface area contributed by atoms with Gasteiger partial charge in [0.2, 0.25) is 0 Å². The second-order valence-corrected chi connectivity index (χ2v) is 5.41. The second-order valence-electron chi connectivity index (χ2n) is 5.41. The van der Waals surface area contributed by atoms with Crippen LogP contribution < -0.4 is 0 Å². The Morgan fingerprint density at radius 3 is 2.31 bits per heavy atom. The van der Waals surface area contributed by atoms with E-state index in [0.29, 0.717) is 6.04 Å². The first-order chi connectivity index (χ1) is 7.33. The summed E-state index contributed by atoms with van der Waals surface area (Å²) in [7, 11) is 1.90. The Bertz CT molecular complexity index is 245. The molecule has 0 aromatic carbocycles. The fraction of sp³-hybridized carbons (Fsp3) is 0.917. The van der Waals surface area contributed by atoms with Crippen molar-refractivity contribution in [1.29, 1.82) is 0 Å². The van der Waals surface area contributed by atoms with Crippen LogP contribution in [0.5, 0.6) is 0 Å². The molecule has 0 spiro atoms. The first-order valence-corrected chi connectivity index (χ1v) is 5.99. The van der Waals surface area contributed by atoms with Crippen LogP contribution in [0, 0.1) is 5.92 Å². The van der Waals surface area contributed by atoms with Crippen molar-refractivity contribution in [2.24, 2.45) is 5.92 Å². The molecular weight excluding hydrogens is 206 g/mol. The van der Waals surface area contributed by atoms with Crippen LogP contribution in [0.1, 0.15) is 39.5 Å². The summed E-state index contributed by atoms with van der Waals surface area (Å²) in [5, 5.41) is 18.6. The number of carbonyl (C=O) groups is 1. The Labute approximate surface area is 97.3 Å². The molecule has 16 heavy (non-hydrogen) atoms. The Morgan fingerprint density at radius 2 is 1.88 bits per heavy atom. The maximum Gasteiger partial charge on any atom is 0.336 e. The fourth-order valence-corrected chi connectivity index (χ4v) is 2.37. The monoisotopic (exact) mass is 229 g/mol. The summed E-state index contributed by atoms with van der Waals surface area (Å²) in [6.07, 6.45) is 4.61. The minimum Gasteiger partial charge on any atom is -0.479 e. The molecule has 4 heteroatoms. The minimum absolute atomic E-state index is 0.196. The van der Waals surface area contributed by atoms with Gasteiger partial charge >= 0.3 is 5.97 Å². The van der Waals surface area contributed by atoms with Crippen LogP contribution in [-0.4, -0.2) is 46.3 Å². The van der Waals surface area contributed by atoms with Crippen molar-refractivity contribution in [2.45, 2.75) is 51.2 Å². The van der Waals surface area contributed by atoms with Crippen molar-refractivity contribution in [3.8, 4) is 0 Å². The van der Waals surface area contributed by atoms with Gasteiger partial charge in [-0.2, -0.15) is 0 Å². The van der Waals surface area contributed by atoms with Crippen molar-refractivity contribution >= 4 is 5.97 Å². The van der Waals surface area contributed by atoms with Crippen LogP contribution in [0.3, 0.4) is 0 Å². The Balaban J connectivity index is 2.46. The third kappa shape index (κ3) is 3.46. The van der Waals surface area contributed by atoms with E-state index in [0.717, 1.165) is 18.8 Å². The molecule has 0 bridgehead atoms. The van der Waals surface area contributed by atoms with Gasteiger partial charge in [-0.05, 0) is 45.6 Å². The predicted molar refractivity (Wildman–Crippen MR) is 62.3 cm³/mol. The van der Waals surface area contributed by atoms with E-state index in [1.165, 1.54) is 19.8 Å². The molecule has 0 aromatic heterocycles. The fourth-order valence-electron chi connectivity index (χ4n) is 2.37. The van der Waals surface area contributed by atoms with Crippen molar-refractivity contribution in [1.82, 2.24) is 4.90 Å². The molecule has 0 radical (unpaired) electrons. The lowest BCUT2D eigenvalue weighted by Gasteiger charge is -2.36. The third-order valence-corrected chi connectivity index (χ3v) is 3.63. The summed E-state index contributed by atoms with van der Waals surface area (Å²) >= 11 is 0. The molecule has 4 nitrogen and oxygen atoms in total. The highest BCUT2D eigenvalue weighted by Crippen LogP contribution is 2.27. The van der Waals surface area contributed by atoms with Gasteiger partial charge in [0.25, 0.3) is 0 Å². The number of likely N-dealkylation sites (N-methyl/N-ethyl adjacent to an activating group) is 1. The van der Waals surface area contributed by atoms with Gasteiger partial charge in [0.05, 0.1) is 0 Å². The predicted octanol–water partition coefficient (Wildman–Crippen LogP) is 1.33. The highest BCUT2D eigenvalue weighted by Gasteiger charge is 2.33. The van der Waals surface area contributed by atoms with Gasteiger partial charge in [0.1, 0.15) is 0 Å². The van der Waals surface area contributed by atoms with Crippen LogP contribution in [-0.2, 0) is 4.79 Å². The molecule has 0 aliphatic heterocycles. The van der Waals surface area contributed by atoms with E-state index >= 15 is 0 Å². The highest BCUT2D eigenvalue weighted by atomic mass is 16.4. The highest BCUT2D eigenvalue weighted by molar-refractivity contribution is 5.76. The number of hydrogen-bond acceptors (Lipinski definition) is 3. The normalized spacial score (nSPS) is 30.1. The zero-order valence-electron chi connectivity index (χ0n) is 10.4. The Kier molecular flexibility index (Phi) is 4.33. The quantitative estimate of drug-likeness (QED) is 0.763. The maximum absolute atomic E-state index is 10.8.